The van der Waals surface area contributed by atoms with Crippen molar-refractivity contribution >= 4 is 5.91 Å². The topological polar surface area (TPSA) is 29.1 Å². The molecular formula is C18H20FNO. The molecule has 1 N–H and O–H groups in total. The zero-order valence-corrected chi connectivity index (χ0v) is 12.4. The van der Waals surface area contributed by atoms with Crippen LogP contribution in [0.2, 0.25) is 0 Å². The molecule has 2 nitrogen and oxygen atoms in total. The van der Waals surface area contributed by atoms with Gasteiger partial charge in [0.15, 0.2) is 0 Å². The fraction of sp³-hybridized carbons (Fsp3) is 0.278. The van der Waals surface area contributed by atoms with Crippen LogP contribution in [0.1, 0.15) is 41.3 Å². The lowest BCUT2D eigenvalue weighted by molar-refractivity contribution is 0.0954. The maximum Gasteiger partial charge on any atom is 0.251 e. The molecule has 1 amide bonds. The molecule has 0 spiro atoms. The van der Waals surface area contributed by atoms with Crippen LogP contribution in [0.4, 0.5) is 4.39 Å². The average molecular weight is 285 g/mol. The van der Waals surface area contributed by atoms with Crippen molar-refractivity contribution in [3.8, 4) is 0 Å². The molecule has 0 atom stereocenters. The highest BCUT2D eigenvalue weighted by Crippen LogP contribution is 2.14. The van der Waals surface area contributed by atoms with Crippen LogP contribution in [-0.4, -0.2) is 12.5 Å². The zero-order chi connectivity index (χ0) is 15.2. The first-order valence-corrected chi connectivity index (χ1v) is 7.19. The number of carbonyl (C=O) groups excluding carboxylic acids is 1. The summed E-state index contributed by atoms with van der Waals surface area (Å²) in [5.41, 5.74) is 2.46. The molecule has 21 heavy (non-hydrogen) atoms. The van der Waals surface area contributed by atoms with Crippen molar-refractivity contribution in [1.29, 1.82) is 0 Å². The van der Waals surface area contributed by atoms with E-state index in [0.717, 1.165) is 0 Å². The molecule has 0 aliphatic rings. The Morgan fingerprint density at radius 2 is 1.76 bits per heavy atom. The maximum absolute atomic E-state index is 13.4. The van der Waals surface area contributed by atoms with Crippen LogP contribution in [0.3, 0.4) is 0 Å². The van der Waals surface area contributed by atoms with Crippen molar-refractivity contribution in [3.63, 3.8) is 0 Å². The number of amides is 1. The fourth-order valence-corrected chi connectivity index (χ4v) is 2.13. The van der Waals surface area contributed by atoms with Crippen LogP contribution in [0.5, 0.6) is 0 Å². The molecule has 2 aromatic rings. The maximum atomic E-state index is 13.4. The molecule has 0 saturated carbocycles. The molecule has 0 aromatic heterocycles. The van der Waals surface area contributed by atoms with Gasteiger partial charge < -0.3 is 5.32 Å². The summed E-state index contributed by atoms with van der Waals surface area (Å²) in [5.74, 6) is 0.0952. The first-order valence-electron chi connectivity index (χ1n) is 7.19. The van der Waals surface area contributed by atoms with Crippen molar-refractivity contribution in [2.75, 3.05) is 6.54 Å². The molecule has 0 bridgehead atoms. The lowest BCUT2D eigenvalue weighted by atomic mass is 10.0. The minimum absolute atomic E-state index is 0.123. The summed E-state index contributed by atoms with van der Waals surface area (Å²) in [7, 11) is 0. The quantitative estimate of drug-likeness (QED) is 0.886. The van der Waals surface area contributed by atoms with Crippen molar-refractivity contribution in [3.05, 3.63) is 71.0 Å². The van der Waals surface area contributed by atoms with Gasteiger partial charge in [0, 0.05) is 12.1 Å². The fourth-order valence-electron chi connectivity index (χ4n) is 2.13. The van der Waals surface area contributed by atoms with Gasteiger partial charge in [-0.05, 0) is 41.7 Å². The molecule has 110 valence electrons. The SMILES string of the molecule is CC(C)c1ccc(C(=O)NCCc2ccccc2F)cc1. The number of hydrogen-bond acceptors (Lipinski definition) is 1. The van der Waals surface area contributed by atoms with Gasteiger partial charge in [0.1, 0.15) is 5.82 Å². The van der Waals surface area contributed by atoms with Gasteiger partial charge in [-0.1, -0.05) is 44.2 Å². The third-order valence-corrected chi connectivity index (χ3v) is 3.48. The second-order valence-electron chi connectivity index (χ2n) is 5.37. The molecule has 0 fully saturated rings. The standard InChI is InChI=1S/C18H20FNO/c1-13(2)14-7-9-16(10-8-14)18(21)20-12-11-15-5-3-4-6-17(15)19/h3-10,13H,11-12H2,1-2H3,(H,20,21). The monoisotopic (exact) mass is 285 g/mol. The van der Waals surface area contributed by atoms with E-state index in [0.29, 0.717) is 30.0 Å². The minimum Gasteiger partial charge on any atom is -0.352 e. The molecule has 2 rings (SSSR count). The largest absolute Gasteiger partial charge is 0.352 e. The first kappa shape index (κ1) is 15.2. The Kier molecular flexibility index (Phi) is 5.09. The van der Waals surface area contributed by atoms with E-state index in [1.165, 1.54) is 11.6 Å². The summed E-state index contributed by atoms with van der Waals surface area (Å²) in [5, 5.41) is 2.82. The van der Waals surface area contributed by atoms with E-state index in [1.807, 2.05) is 24.3 Å². The highest BCUT2D eigenvalue weighted by Gasteiger charge is 2.07. The Bertz CT molecular complexity index is 605. The van der Waals surface area contributed by atoms with Gasteiger partial charge in [-0.3, -0.25) is 4.79 Å². The Balaban J connectivity index is 1.88. The number of halogens is 1. The van der Waals surface area contributed by atoms with E-state index in [-0.39, 0.29) is 11.7 Å². The molecule has 0 heterocycles. The molecule has 2 aromatic carbocycles. The second-order valence-corrected chi connectivity index (χ2v) is 5.37. The predicted molar refractivity (Wildman–Crippen MR) is 83.0 cm³/mol. The normalized spacial score (nSPS) is 10.7. The third-order valence-electron chi connectivity index (χ3n) is 3.48. The number of benzene rings is 2. The molecular weight excluding hydrogens is 265 g/mol. The average Bonchev–Trinajstić information content (AvgIpc) is 2.49. The summed E-state index contributed by atoms with van der Waals surface area (Å²) >= 11 is 0. The van der Waals surface area contributed by atoms with Gasteiger partial charge in [0.25, 0.3) is 5.91 Å². The molecule has 0 aliphatic carbocycles. The Morgan fingerprint density at radius 3 is 2.38 bits per heavy atom. The molecule has 0 aliphatic heterocycles. The number of nitrogens with one attached hydrogen (secondary N) is 1. The van der Waals surface area contributed by atoms with Crippen LogP contribution >= 0.6 is 0 Å². The van der Waals surface area contributed by atoms with Gasteiger partial charge in [-0.2, -0.15) is 0 Å². The van der Waals surface area contributed by atoms with Gasteiger partial charge in [-0.15, -0.1) is 0 Å². The van der Waals surface area contributed by atoms with Crippen molar-refractivity contribution in [1.82, 2.24) is 5.32 Å². The summed E-state index contributed by atoms with van der Waals surface area (Å²) in [6, 6.07) is 14.2. The summed E-state index contributed by atoms with van der Waals surface area (Å²) in [6.45, 7) is 4.65. The smallest absolute Gasteiger partial charge is 0.251 e. The van der Waals surface area contributed by atoms with E-state index >= 15 is 0 Å². The van der Waals surface area contributed by atoms with E-state index < -0.39 is 0 Å². The van der Waals surface area contributed by atoms with E-state index in [4.69, 9.17) is 0 Å². The van der Waals surface area contributed by atoms with E-state index in [2.05, 4.69) is 19.2 Å². The Labute approximate surface area is 125 Å². The van der Waals surface area contributed by atoms with Crippen LogP contribution in [0, 0.1) is 5.82 Å². The second kappa shape index (κ2) is 7.02. The molecule has 0 radical (unpaired) electrons. The van der Waals surface area contributed by atoms with Crippen molar-refractivity contribution in [2.24, 2.45) is 0 Å². The Hall–Kier alpha value is -2.16. The van der Waals surface area contributed by atoms with E-state index in [1.54, 1.807) is 18.2 Å². The van der Waals surface area contributed by atoms with Gasteiger partial charge in [0.05, 0.1) is 0 Å². The lowest BCUT2D eigenvalue weighted by Gasteiger charge is -2.08. The number of rotatable bonds is 5. The van der Waals surface area contributed by atoms with Gasteiger partial charge >= 0.3 is 0 Å². The van der Waals surface area contributed by atoms with Gasteiger partial charge in [0.2, 0.25) is 0 Å². The highest BCUT2D eigenvalue weighted by atomic mass is 19.1. The lowest BCUT2D eigenvalue weighted by Crippen LogP contribution is -2.25. The molecule has 3 heteroatoms. The van der Waals surface area contributed by atoms with Crippen LogP contribution < -0.4 is 5.32 Å². The molecule has 0 unspecified atom stereocenters. The van der Waals surface area contributed by atoms with E-state index in [9.17, 15) is 9.18 Å². The van der Waals surface area contributed by atoms with Crippen LogP contribution in [-0.2, 0) is 6.42 Å². The predicted octanol–water partition coefficient (Wildman–Crippen LogP) is 3.92. The summed E-state index contributed by atoms with van der Waals surface area (Å²) in [4.78, 5) is 12.0. The van der Waals surface area contributed by atoms with Crippen LogP contribution in [0.15, 0.2) is 48.5 Å². The van der Waals surface area contributed by atoms with Crippen molar-refractivity contribution < 1.29 is 9.18 Å². The number of hydrogen-bond donors (Lipinski definition) is 1. The highest BCUT2D eigenvalue weighted by molar-refractivity contribution is 5.94. The Morgan fingerprint density at radius 1 is 1.10 bits per heavy atom. The minimum atomic E-state index is -0.229. The number of carbonyl (C=O) groups is 1. The summed E-state index contributed by atoms with van der Waals surface area (Å²) in [6.07, 6.45) is 0.489. The van der Waals surface area contributed by atoms with Gasteiger partial charge in [-0.25, -0.2) is 4.39 Å². The van der Waals surface area contributed by atoms with Crippen LogP contribution in [0.25, 0.3) is 0 Å². The first-order chi connectivity index (χ1) is 10.1. The molecule has 0 saturated heterocycles. The summed E-state index contributed by atoms with van der Waals surface area (Å²) < 4.78 is 13.4. The third kappa shape index (κ3) is 4.15. The zero-order valence-electron chi connectivity index (χ0n) is 12.4. The van der Waals surface area contributed by atoms with Crippen molar-refractivity contribution in [2.45, 2.75) is 26.2 Å².